The van der Waals surface area contributed by atoms with Crippen molar-refractivity contribution in [1.82, 2.24) is 10.2 Å². The monoisotopic (exact) mass is 421 g/mol. The second kappa shape index (κ2) is 8.53. The van der Waals surface area contributed by atoms with Gasteiger partial charge < -0.3 is 10.6 Å². The number of nitrogens with one attached hydrogen (secondary N) is 2. The number of carbonyl (C=O) groups is 3. The first kappa shape index (κ1) is 22.5. The summed E-state index contributed by atoms with van der Waals surface area (Å²) in [5, 5.41) is 5.51. The number of nitrogens with zero attached hydrogens (tertiary/aromatic N) is 1. The van der Waals surface area contributed by atoms with E-state index in [-0.39, 0.29) is 12.0 Å². The highest BCUT2D eigenvalue weighted by Crippen LogP contribution is 2.29. The van der Waals surface area contributed by atoms with Crippen LogP contribution in [0, 0.1) is 0 Å². The molecule has 6 nitrogen and oxygen atoms in total. The minimum Gasteiger partial charge on any atom is -0.325 e. The summed E-state index contributed by atoms with van der Waals surface area (Å²) < 4.78 is 0. The van der Waals surface area contributed by atoms with Crippen molar-refractivity contribution in [2.75, 3.05) is 11.9 Å². The molecule has 0 radical (unpaired) electrons. The number of benzene rings is 2. The zero-order valence-electron chi connectivity index (χ0n) is 18.9. The van der Waals surface area contributed by atoms with Gasteiger partial charge in [-0.15, -0.1) is 0 Å². The maximum atomic E-state index is 13.1. The number of rotatable bonds is 6. The molecule has 4 amide bonds. The molecule has 1 atom stereocenters. The lowest BCUT2D eigenvalue weighted by Crippen LogP contribution is -2.42. The Kier molecular flexibility index (Phi) is 6.20. The number of hydrogen-bond acceptors (Lipinski definition) is 3. The van der Waals surface area contributed by atoms with E-state index in [1.54, 1.807) is 6.92 Å². The van der Waals surface area contributed by atoms with Crippen molar-refractivity contribution in [2.24, 2.45) is 0 Å². The van der Waals surface area contributed by atoms with E-state index in [0.29, 0.717) is 11.3 Å². The van der Waals surface area contributed by atoms with Gasteiger partial charge in [0.2, 0.25) is 5.91 Å². The summed E-state index contributed by atoms with van der Waals surface area (Å²) in [5.74, 6) is -0.853. The Bertz CT molecular complexity index is 975. The van der Waals surface area contributed by atoms with Gasteiger partial charge >= 0.3 is 6.03 Å². The molecule has 2 N–H and O–H groups in total. The van der Waals surface area contributed by atoms with Gasteiger partial charge in [-0.1, -0.05) is 70.5 Å². The van der Waals surface area contributed by atoms with Crippen LogP contribution in [0.1, 0.15) is 57.7 Å². The first-order valence-electron chi connectivity index (χ1n) is 10.7. The maximum absolute atomic E-state index is 13.1. The highest BCUT2D eigenvalue weighted by atomic mass is 16.2. The Morgan fingerprint density at radius 3 is 2.19 bits per heavy atom. The SMILES string of the molecule is CCCc1ccc(C2(C)NC(=O)N(CC(=O)Nc3ccc(C(C)(C)C)cc3)C2=O)cc1. The van der Waals surface area contributed by atoms with Crippen molar-refractivity contribution >= 4 is 23.5 Å². The van der Waals surface area contributed by atoms with E-state index in [1.165, 1.54) is 5.56 Å². The van der Waals surface area contributed by atoms with Gasteiger partial charge in [0.1, 0.15) is 12.1 Å². The molecule has 1 aliphatic heterocycles. The standard InChI is InChI=1S/C25H31N3O3/c1-6-7-17-8-10-19(11-9-17)25(5)22(30)28(23(31)27-25)16-21(29)26-20-14-12-18(13-15-20)24(2,3)4/h8-15H,6-7,16H2,1-5H3,(H,26,29)(H,27,31). The fourth-order valence-electron chi connectivity index (χ4n) is 3.73. The summed E-state index contributed by atoms with van der Waals surface area (Å²) in [6.07, 6.45) is 1.99. The van der Waals surface area contributed by atoms with E-state index in [9.17, 15) is 14.4 Å². The molecule has 0 bridgehead atoms. The molecular formula is C25H31N3O3. The van der Waals surface area contributed by atoms with Crippen LogP contribution in [0.25, 0.3) is 0 Å². The number of aryl methyl sites for hydroxylation is 1. The lowest BCUT2D eigenvalue weighted by Gasteiger charge is -2.22. The molecule has 31 heavy (non-hydrogen) atoms. The third-order valence-corrected chi connectivity index (χ3v) is 5.68. The molecule has 3 rings (SSSR count). The van der Waals surface area contributed by atoms with E-state index < -0.39 is 23.4 Å². The van der Waals surface area contributed by atoms with Crippen LogP contribution in [0.15, 0.2) is 48.5 Å². The third kappa shape index (κ3) is 4.79. The molecular weight excluding hydrogens is 390 g/mol. The molecule has 1 saturated heterocycles. The molecule has 0 aromatic heterocycles. The van der Waals surface area contributed by atoms with E-state index in [2.05, 4.69) is 38.3 Å². The van der Waals surface area contributed by atoms with Crippen molar-refractivity contribution < 1.29 is 14.4 Å². The number of hydrogen-bond donors (Lipinski definition) is 2. The molecule has 164 valence electrons. The molecule has 1 unspecified atom stereocenters. The maximum Gasteiger partial charge on any atom is 0.325 e. The van der Waals surface area contributed by atoms with Crippen molar-refractivity contribution in [2.45, 2.75) is 58.4 Å². The van der Waals surface area contributed by atoms with Crippen LogP contribution in [0.5, 0.6) is 0 Å². The van der Waals surface area contributed by atoms with Gasteiger partial charge in [0.25, 0.3) is 5.91 Å². The molecule has 0 spiro atoms. The summed E-state index contributed by atoms with van der Waals surface area (Å²) in [6.45, 7) is 9.80. The number of imide groups is 1. The predicted molar refractivity (Wildman–Crippen MR) is 122 cm³/mol. The van der Waals surface area contributed by atoms with Crippen LogP contribution in [0.4, 0.5) is 10.5 Å². The van der Waals surface area contributed by atoms with Crippen LogP contribution in [-0.2, 0) is 27.0 Å². The smallest absolute Gasteiger partial charge is 0.325 e. The van der Waals surface area contributed by atoms with Crippen molar-refractivity contribution in [3.05, 3.63) is 65.2 Å². The van der Waals surface area contributed by atoms with E-state index in [4.69, 9.17) is 0 Å². The van der Waals surface area contributed by atoms with Gasteiger partial charge in [0, 0.05) is 5.69 Å². The zero-order valence-corrected chi connectivity index (χ0v) is 18.9. The minimum absolute atomic E-state index is 0.0157. The predicted octanol–water partition coefficient (Wildman–Crippen LogP) is 4.34. The van der Waals surface area contributed by atoms with Crippen molar-refractivity contribution in [1.29, 1.82) is 0 Å². The molecule has 1 aliphatic rings. The Hall–Kier alpha value is -3.15. The summed E-state index contributed by atoms with van der Waals surface area (Å²) in [5.41, 5.74) is 2.49. The number of amides is 4. The summed E-state index contributed by atoms with van der Waals surface area (Å²) in [7, 11) is 0. The van der Waals surface area contributed by atoms with Gasteiger partial charge in [0.05, 0.1) is 0 Å². The van der Waals surface area contributed by atoms with Gasteiger partial charge in [0.15, 0.2) is 0 Å². The Morgan fingerprint density at radius 2 is 1.65 bits per heavy atom. The van der Waals surface area contributed by atoms with Crippen LogP contribution in [0.3, 0.4) is 0 Å². The van der Waals surface area contributed by atoms with Gasteiger partial charge in [-0.05, 0) is 47.6 Å². The average Bonchev–Trinajstić information content (AvgIpc) is 2.92. The fraction of sp³-hybridized carbons (Fsp3) is 0.400. The minimum atomic E-state index is -1.18. The second-order valence-electron chi connectivity index (χ2n) is 9.27. The summed E-state index contributed by atoms with van der Waals surface area (Å²) >= 11 is 0. The van der Waals surface area contributed by atoms with E-state index >= 15 is 0 Å². The van der Waals surface area contributed by atoms with E-state index in [0.717, 1.165) is 23.3 Å². The lowest BCUT2D eigenvalue weighted by molar-refractivity contribution is -0.133. The Morgan fingerprint density at radius 1 is 1.03 bits per heavy atom. The van der Waals surface area contributed by atoms with Crippen molar-refractivity contribution in [3.8, 4) is 0 Å². The second-order valence-corrected chi connectivity index (χ2v) is 9.27. The molecule has 6 heteroatoms. The molecule has 0 saturated carbocycles. The number of urea groups is 1. The fourth-order valence-corrected chi connectivity index (χ4v) is 3.73. The topological polar surface area (TPSA) is 78.5 Å². The number of carbonyl (C=O) groups excluding carboxylic acids is 3. The van der Waals surface area contributed by atoms with Crippen LogP contribution < -0.4 is 10.6 Å². The Labute approximate surface area is 184 Å². The first-order chi connectivity index (χ1) is 14.5. The molecule has 1 fully saturated rings. The highest BCUT2D eigenvalue weighted by molar-refractivity contribution is 6.10. The first-order valence-corrected chi connectivity index (χ1v) is 10.7. The molecule has 2 aromatic rings. The summed E-state index contributed by atoms with van der Waals surface area (Å²) in [6, 6.07) is 14.7. The van der Waals surface area contributed by atoms with Crippen molar-refractivity contribution in [3.63, 3.8) is 0 Å². The number of anilines is 1. The largest absolute Gasteiger partial charge is 0.325 e. The Balaban J connectivity index is 1.68. The molecule has 1 heterocycles. The van der Waals surface area contributed by atoms with Gasteiger partial charge in [-0.3, -0.25) is 14.5 Å². The molecule has 2 aromatic carbocycles. The van der Waals surface area contributed by atoms with Gasteiger partial charge in [-0.2, -0.15) is 0 Å². The van der Waals surface area contributed by atoms with Crippen LogP contribution in [-0.4, -0.2) is 29.3 Å². The quantitative estimate of drug-likeness (QED) is 0.681. The van der Waals surface area contributed by atoms with Crippen LogP contribution >= 0.6 is 0 Å². The highest BCUT2D eigenvalue weighted by Gasteiger charge is 2.49. The third-order valence-electron chi connectivity index (χ3n) is 5.68. The normalized spacial score (nSPS) is 18.8. The van der Waals surface area contributed by atoms with Crippen LogP contribution in [0.2, 0.25) is 0 Å². The zero-order chi connectivity index (χ0) is 22.8. The molecule has 0 aliphatic carbocycles. The average molecular weight is 422 g/mol. The van der Waals surface area contributed by atoms with E-state index in [1.807, 2.05) is 48.5 Å². The summed E-state index contributed by atoms with van der Waals surface area (Å²) in [4.78, 5) is 39.0. The lowest BCUT2D eigenvalue weighted by atomic mass is 9.87. The van der Waals surface area contributed by atoms with Gasteiger partial charge in [-0.25, -0.2) is 4.79 Å².